The van der Waals surface area contributed by atoms with Gasteiger partial charge in [0.15, 0.2) is 6.10 Å². The number of phosphoric ester groups is 1. The Hall–Kier alpha value is -2.33. The molecule has 3 atom stereocenters. The maximum atomic E-state index is 12.6. The summed E-state index contributed by atoms with van der Waals surface area (Å²) in [5, 5.41) is 18.3. The Bertz CT molecular complexity index is 1070. The van der Waals surface area contributed by atoms with Crippen LogP contribution < -0.4 is 0 Å². The monoisotopic (exact) mass is 768 g/mol. The predicted octanol–water partition coefficient (Wildman–Crippen LogP) is 10.3. The molecule has 0 radical (unpaired) electrons. The fourth-order valence-electron chi connectivity index (χ4n) is 5.09. The number of aliphatic hydroxyl groups is 2. The second-order valence-electron chi connectivity index (χ2n) is 13.3. The number of carbonyl (C=O) groups excluding carboxylic acids is 2. The summed E-state index contributed by atoms with van der Waals surface area (Å²) in [5.74, 6) is -0.995. The van der Waals surface area contributed by atoms with Crippen LogP contribution in [0.4, 0.5) is 0 Å². The van der Waals surface area contributed by atoms with Gasteiger partial charge in [-0.15, -0.1) is 0 Å². The largest absolute Gasteiger partial charge is 0.472 e. The van der Waals surface area contributed by atoms with Crippen LogP contribution in [0.3, 0.4) is 0 Å². The van der Waals surface area contributed by atoms with Crippen molar-refractivity contribution in [2.45, 2.75) is 167 Å². The Morgan fingerprint density at radius 3 is 1.55 bits per heavy atom. The molecule has 306 valence electrons. The summed E-state index contributed by atoms with van der Waals surface area (Å²) in [5.41, 5.74) is 0. The molecule has 0 bridgehead atoms. The molecule has 0 spiro atoms. The van der Waals surface area contributed by atoms with E-state index in [2.05, 4.69) is 67.0 Å². The Balaban J connectivity index is 4.45. The molecule has 0 heterocycles. The first-order chi connectivity index (χ1) is 25.7. The van der Waals surface area contributed by atoms with E-state index in [1.165, 1.54) is 57.8 Å². The average molecular weight is 769 g/mol. The predicted molar refractivity (Wildman–Crippen MR) is 214 cm³/mol. The summed E-state index contributed by atoms with van der Waals surface area (Å²) in [6.45, 7) is 2.18. The van der Waals surface area contributed by atoms with Gasteiger partial charge in [0.25, 0.3) is 0 Å². The molecule has 0 amide bonds. The lowest BCUT2D eigenvalue weighted by atomic mass is 10.0. The number of phosphoric acid groups is 1. The normalized spacial score (nSPS) is 14.6. The lowest BCUT2D eigenvalue weighted by molar-refractivity contribution is -0.161. The van der Waals surface area contributed by atoms with Gasteiger partial charge in [0, 0.05) is 12.8 Å². The molecule has 0 aromatic rings. The number of unbranched alkanes of at least 4 members (excludes halogenated alkanes) is 13. The van der Waals surface area contributed by atoms with Crippen LogP contribution in [-0.2, 0) is 32.7 Å². The minimum atomic E-state index is -4.63. The van der Waals surface area contributed by atoms with E-state index in [0.29, 0.717) is 19.3 Å². The molecule has 0 aliphatic heterocycles. The van der Waals surface area contributed by atoms with Gasteiger partial charge in [-0.2, -0.15) is 0 Å². The highest BCUT2D eigenvalue weighted by Gasteiger charge is 2.27. The van der Waals surface area contributed by atoms with E-state index in [9.17, 15) is 24.2 Å². The second-order valence-corrected chi connectivity index (χ2v) is 14.7. The topological polar surface area (TPSA) is 149 Å². The molecule has 0 saturated carbocycles. The van der Waals surface area contributed by atoms with Crippen molar-refractivity contribution in [1.29, 1.82) is 0 Å². The number of hydrogen-bond acceptors (Lipinski definition) is 9. The summed E-state index contributed by atoms with van der Waals surface area (Å²) in [6, 6.07) is 0. The van der Waals surface area contributed by atoms with Gasteiger partial charge in [-0.05, 0) is 51.4 Å². The molecule has 0 saturated heterocycles. The first-order valence-corrected chi connectivity index (χ1v) is 21.7. The molecular formula is C42H73O10P. The molecule has 0 aromatic heterocycles. The third-order valence-electron chi connectivity index (χ3n) is 8.19. The Kier molecular flexibility index (Phi) is 36.3. The fraction of sp³-hybridized carbons (Fsp3) is 0.714. The Morgan fingerprint density at radius 2 is 1.04 bits per heavy atom. The van der Waals surface area contributed by atoms with Crippen molar-refractivity contribution in [2.24, 2.45) is 0 Å². The van der Waals surface area contributed by atoms with E-state index < -0.39 is 51.8 Å². The van der Waals surface area contributed by atoms with Crippen molar-refractivity contribution in [2.75, 3.05) is 26.4 Å². The summed E-state index contributed by atoms with van der Waals surface area (Å²) in [6.07, 6.45) is 40.5. The van der Waals surface area contributed by atoms with Crippen LogP contribution in [0.25, 0.3) is 0 Å². The zero-order valence-electron chi connectivity index (χ0n) is 33.0. The number of carbonyl (C=O) groups is 2. The number of hydrogen-bond donors (Lipinski definition) is 3. The van der Waals surface area contributed by atoms with Gasteiger partial charge < -0.3 is 24.6 Å². The maximum Gasteiger partial charge on any atom is 0.472 e. The molecule has 10 nitrogen and oxygen atoms in total. The van der Waals surface area contributed by atoms with E-state index in [1.807, 2.05) is 12.2 Å². The van der Waals surface area contributed by atoms with Crippen molar-refractivity contribution < 1.29 is 47.8 Å². The molecule has 0 rings (SSSR count). The van der Waals surface area contributed by atoms with Crippen LogP contribution in [0.15, 0.2) is 60.8 Å². The van der Waals surface area contributed by atoms with Crippen LogP contribution >= 0.6 is 7.82 Å². The van der Waals surface area contributed by atoms with Gasteiger partial charge in [0.05, 0.1) is 19.8 Å². The number of ether oxygens (including phenoxy) is 2. The first kappa shape index (κ1) is 50.7. The lowest BCUT2D eigenvalue weighted by Crippen LogP contribution is -2.29. The number of esters is 2. The minimum Gasteiger partial charge on any atom is -0.462 e. The van der Waals surface area contributed by atoms with Gasteiger partial charge in [-0.3, -0.25) is 18.6 Å². The molecular weight excluding hydrogens is 695 g/mol. The fourth-order valence-corrected chi connectivity index (χ4v) is 5.88. The number of allylic oxidation sites excluding steroid dienone is 10. The van der Waals surface area contributed by atoms with Gasteiger partial charge >= 0.3 is 19.8 Å². The zero-order chi connectivity index (χ0) is 39.1. The highest BCUT2D eigenvalue weighted by Crippen LogP contribution is 2.43. The Morgan fingerprint density at radius 1 is 0.585 bits per heavy atom. The lowest BCUT2D eigenvalue weighted by Gasteiger charge is -2.20. The summed E-state index contributed by atoms with van der Waals surface area (Å²) >= 11 is 0. The van der Waals surface area contributed by atoms with Crippen molar-refractivity contribution in [3.8, 4) is 0 Å². The molecule has 0 aromatic carbocycles. The van der Waals surface area contributed by atoms with Crippen LogP contribution in [0, 0.1) is 0 Å². The van der Waals surface area contributed by atoms with E-state index in [0.717, 1.165) is 51.4 Å². The third-order valence-corrected chi connectivity index (χ3v) is 9.14. The second kappa shape index (κ2) is 38.0. The molecule has 53 heavy (non-hydrogen) atoms. The summed E-state index contributed by atoms with van der Waals surface area (Å²) < 4.78 is 32.6. The van der Waals surface area contributed by atoms with Crippen molar-refractivity contribution in [3.63, 3.8) is 0 Å². The molecule has 3 unspecified atom stereocenters. The van der Waals surface area contributed by atoms with Crippen LogP contribution in [0.1, 0.15) is 155 Å². The van der Waals surface area contributed by atoms with Crippen LogP contribution in [-0.4, -0.2) is 65.7 Å². The summed E-state index contributed by atoms with van der Waals surface area (Å²) in [7, 11) is -4.63. The van der Waals surface area contributed by atoms with E-state index in [1.54, 1.807) is 0 Å². The maximum absolute atomic E-state index is 12.6. The zero-order valence-corrected chi connectivity index (χ0v) is 33.9. The first-order valence-electron chi connectivity index (χ1n) is 20.2. The minimum absolute atomic E-state index is 0.105. The van der Waals surface area contributed by atoms with Crippen molar-refractivity contribution in [3.05, 3.63) is 60.8 Å². The van der Waals surface area contributed by atoms with Crippen molar-refractivity contribution >= 4 is 19.8 Å². The standard InChI is InChI=1S/C42H73O10P/c1-3-5-7-9-11-13-15-17-18-19-20-22-24-26-28-30-32-34-42(46)52-40(38-51-53(47,48)50-36-39(44)35-43)37-49-41(45)33-31-29-27-25-23-21-16-14-12-10-8-6-4-2/h5,7,11,13,17-18,20,22,26,28,39-40,43-44H,3-4,6,8-10,12,14-16,19,21,23-25,27,29-38H2,1-2H3,(H,47,48). The van der Waals surface area contributed by atoms with E-state index in [-0.39, 0.29) is 19.4 Å². The molecule has 0 fully saturated rings. The number of aliphatic hydroxyl groups excluding tert-OH is 2. The molecule has 0 aliphatic carbocycles. The van der Waals surface area contributed by atoms with Gasteiger partial charge in [0.1, 0.15) is 12.7 Å². The van der Waals surface area contributed by atoms with Crippen LogP contribution in [0.5, 0.6) is 0 Å². The van der Waals surface area contributed by atoms with E-state index >= 15 is 0 Å². The molecule has 0 aliphatic rings. The average Bonchev–Trinajstić information content (AvgIpc) is 3.14. The number of rotatable bonds is 37. The van der Waals surface area contributed by atoms with Crippen LogP contribution in [0.2, 0.25) is 0 Å². The van der Waals surface area contributed by atoms with E-state index in [4.69, 9.17) is 19.1 Å². The Labute approximate surface area is 321 Å². The highest BCUT2D eigenvalue weighted by molar-refractivity contribution is 7.47. The van der Waals surface area contributed by atoms with Crippen molar-refractivity contribution in [1.82, 2.24) is 0 Å². The third kappa shape index (κ3) is 37.8. The summed E-state index contributed by atoms with van der Waals surface area (Å²) in [4.78, 5) is 34.9. The van der Waals surface area contributed by atoms with Gasteiger partial charge in [-0.1, -0.05) is 152 Å². The SMILES string of the molecule is CCC=CCC=CCC=CCC=CCC=CCCCC(=O)OC(COC(=O)CCCCCCCCCCCCCCC)COP(=O)(O)OCC(O)CO. The quantitative estimate of drug-likeness (QED) is 0.0241. The van der Waals surface area contributed by atoms with Gasteiger partial charge in [0.2, 0.25) is 0 Å². The smallest absolute Gasteiger partial charge is 0.462 e. The molecule has 3 N–H and O–H groups in total. The highest BCUT2D eigenvalue weighted by atomic mass is 31.2. The molecule has 11 heteroatoms. The van der Waals surface area contributed by atoms with Gasteiger partial charge in [-0.25, -0.2) is 4.57 Å².